The second kappa shape index (κ2) is 14.7. The monoisotopic (exact) mass is 756 g/mol. The topological polar surface area (TPSA) is 104 Å². The van der Waals surface area contributed by atoms with E-state index in [4.69, 9.17) is 22.9 Å². The SMILES string of the molecule is Nc1ccc(-c2ccc(C(c3ccc(-c4ccc(N)cc4F)cc3)(c3ccc(-c4ccc(N)cc4F)cc3)c3ccc(-c4ccc(N)cc4F)cc3)cc2)c(F)c1. The minimum absolute atomic E-state index is 0.318. The predicted octanol–water partition coefficient (Wildman–Crippen LogP) is 11.6. The molecular weight excluding hydrogens is 721 g/mol. The maximum absolute atomic E-state index is 15.2. The van der Waals surface area contributed by atoms with E-state index in [2.05, 4.69) is 0 Å². The smallest absolute Gasteiger partial charge is 0.133 e. The summed E-state index contributed by atoms with van der Waals surface area (Å²) in [5.41, 5.74) is 31.0. The van der Waals surface area contributed by atoms with Crippen molar-refractivity contribution in [3.8, 4) is 44.5 Å². The highest BCUT2D eigenvalue weighted by Crippen LogP contribution is 2.47. The molecule has 0 radical (unpaired) electrons. The Morgan fingerprint density at radius 3 is 0.632 bits per heavy atom. The van der Waals surface area contributed by atoms with Crippen molar-refractivity contribution in [2.24, 2.45) is 0 Å². The molecule has 8 aromatic rings. The van der Waals surface area contributed by atoms with E-state index in [9.17, 15) is 0 Å². The van der Waals surface area contributed by atoms with Crippen LogP contribution < -0.4 is 22.9 Å². The normalized spacial score (nSPS) is 11.4. The zero-order chi connectivity index (χ0) is 39.8. The van der Waals surface area contributed by atoms with Crippen LogP contribution in [-0.2, 0) is 5.41 Å². The van der Waals surface area contributed by atoms with E-state index in [1.165, 1.54) is 24.3 Å². The second-order valence-corrected chi connectivity index (χ2v) is 14.0. The first-order valence-electron chi connectivity index (χ1n) is 18.1. The van der Waals surface area contributed by atoms with Gasteiger partial charge in [0.2, 0.25) is 0 Å². The highest BCUT2D eigenvalue weighted by atomic mass is 19.1. The molecule has 0 heterocycles. The lowest BCUT2D eigenvalue weighted by Gasteiger charge is -2.37. The lowest BCUT2D eigenvalue weighted by atomic mass is 9.64. The van der Waals surface area contributed by atoms with Crippen LogP contribution in [0.1, 0.15) is 22.3 Å². The van der Waals surface area contributed by atoms with Crippen LogP contribution in [0, 0.1) is 23.3 Å². The van der Waals surface area contributed by atoms with E-state index in [0.29, 0.717) is 67.3 Å². The third-order valence-corrected chi connectivity index (χ3v) is 10.5. The summed E-state index contributed by atoms with van der Waals surface area (Å²) in [6.07, 6.45) is 0. The van der Waals surface area contributed by atoms with Crippen molar-refractivity contribution in [1.82, 2.24) is 0 Å². The zero-order valence-corrected chi connectivity index (χ0v) is 30.5. The fourth-order valence-corrected chi connectivity index (χ4v) is 7.66. The van der Waals surface area contributed by atoms with Gasteiger partial charge in [-0.2, -0.15) is 0 Å². The quantitative estimate of drug-likeness (QED) is 0.0704. The van der Waals surface area contributed by atoms with Gasteiger partial charge in [-0.15, -0.1) is 0 Å². The van der Waals surface area contributed by atoms with Gasteiger partial charge in [-0.3, -0.25) is 0 Å². The second-order valence-electron chi connectivity index (χ2n) is 14.0. The summed E-state index contributed by atoms with van der Waals surface area (Å²) in [7, 11) is 0. The molecule has 57 heavy (non-hydrogen) atoms. The Hall–Kier alpha value is -7.32. The first kappa shape index (κ1) is 36.6. The highest BCUT2D eigenvalue weighted by Gasteiger charge is 2.39. The summed E-state index contributed by atoms with van der Waals surface area (Å²) in [5.74, 6) is -1.79. The molecule has 0 fully saturated rings. The van der Waals surface area contributed by atoms with Crippen LogP contribution in [0.25, 0.3) is 44.5 Å². The number of hydrogen-bond donors (Lipinski definition) is 4. The van der Waals surface area contributed by atoms with Gasteiger partial charge in [0, 0.05) is 45.0 Å². The van der Waals surface area contributed by atoms with E-state index < -0.39 is 28.7 Å². The molecule has 8 N–H and O–H groups in total. The number of nitrogen functional groups attached to an aromatic ring is 4. The summed E-state index contributed by atoms with van der Waals surface area (Å²) < 4.78 is 60.7. The summed E-state index contributed by atoms with van der Waals surface area (Å²) in [6.45, 7) is 0. The number of anilines is 4. The minimum Gasteiger partial charge on any atom is -0.399 e. The Kier molecular flexibility index (Phi) is 9.47. The third-order valence-electron chi connectivity index (χ3n) is 10.5. The van der Waals surface area contributed by atoms with Gasteiger partial charge in [0.1, 0.15) is 23.3 Å². The van der Waals surface area contributed by atoms with Crippen molar-refractivity contribution >= 4 is 22.7 Å². The van der Waals surface area contributed by atoms with Crippen LogP contribution >= 0.6 is 0 Å². The molecule has 0 aliphatic heterocycles. The number of halogens is 4. The van der Waals surface area contributed by atoms with E-state index >= 15 is 17.6 Å². The van der Waals surface area contributed by atoms with Crippen molar-refractivity contribution in [3.05, 3.63) is 215 Å². The van der Waals surface area contributed by atoms with Crippen molar-refractivity contribution in [2.45, 2.75) is 5.41 Å². The molecule has 8 heteroatoms. The lowest BCUT2D eigenvalue weighted by molar-refractivity contribution is 0.631. The molecule has 0 bridgehead atoms. The van der Waals surface area contributed by atoms with Crippen molar-refractivity contribution in [3.63, 3.8) is 0 Å². The Morgan fingerprint density at radius 1 is 0.263 bits per heavy atom. The molecule has 8 rings (SSSR count). The average molecular weight is 757 g/mol. The molecule has 4 nitrogen and oxygen atoms in total. The number of nitrogens with two attached hydrogens (primary N) is 4. The summed E-state index contributed by atoms with van der Waals surface area (Å²) in [5, 5.41) is 0. The summed E-state index contributed by atoms with van der Waals surface area (Å²) in [6, 6.07) is 48.7. The van der Waals surface area contributed by atoms with Gasteiger partial charge in [0.25, 0.3) is 0 Å². The molecular formula is C49H36F4N4. The molecule has 0 atom stereocenters. The van der Waals surface area contributed by atoms with Gasteiger partial charge >= 0.3 is 0 Å². The molecule has 0 aromatic heterocycles. The molecule has 0 aliphatic rings. The van der Waals surface area contributed by atoms with E-state index in [-0.39, 0.29) is 0 Å². The van der Waals surface area contributed by atoms with Crippen LogP contribution in [0.3, 0.4) is 0 Å². The van der Waals surface area contributed by atoms with Crippen LogP contribution in [-0.4, -0.2) is 0 Å². The summed E-state index contributed by atoms with van der Waals surface area (Å²) >= 11 is 0. The molecule has 0 amide bonds. The molecule has 8 aromatic carbocycles. The summed E-state index contributed by atoms with van der Waals surface area (Å²) in [4.78, 5) is 0. The molecule has 0 saturated heterocycles. The van der Waals surface area contributed by atoms with Crippen LogP contribution in [0.4, 0.5) is 40.3 Å². The highest BCUT2D eigenvalue weighted by molar-refractivity contribution is 5.74. The fourth-order valence-electron chi connectivity index (χ4n) is 7.66. The average Bonchev–Trinajstić information content (AvgIpc) is 3.20. The van der Waals surface area contributed by atoms with Crippen LogP contribution in [0.5, 0.6) is 0 Å². The van der Waals surface area contributed by atoms with E-state index in [0.717, 1.165) is 22.3 Å². The third kappa shape index (κ3) is 6.82. The van der Waals surface area contributed by atoms with Gasteiger partial charge in [-0.25, -0.2) is 17.6 Å². The van der Waals surface area contributed by atoms with E-state index in [1.807, 2.05) is 97.1 Å². The number of benzene rings is 8. The Bertz CT molecular complexity index is 2360. The maximum Gasteiger partial charge on any atom is 0.133 e. The molecule has 0 aliphatic carbocycles. The number of hydrogen-bond acceptors (Lipinski definition) is 4. The van der Waals surface area contributed by atoms with Crippen molar-refractivity contribution < 1.29 is 17.6 Å². The van der Waals surface area contributed by atoms with Crippen LogP contribution in [0.2, 0.25) is 0 Å². The Morgan fingerprint density at radius 2 is 0.456 bits per heavy atom. The van der Waals surface area contributed by atoms with Crippen molar-refractivity contribution in [2.75, 3.05) is 22.9 Å². The Balaban J connectivity index is 1.36. The molecule has 280 valence electrons. The van der Waals surface area contributed by atoms with Gasteiger partial charge < -0.3 is 22.9 Å². The first-order valence-corrected chi connectivity index (χ1v) is 18.1. The Labute approximate surface area is 327 Å². The molecule has 0 unspecified atom stereocenters. The standard InChI is InChI=1S/C49H36F4N4/c50-45-25-37(54)17-21-41(45)29-1-9-33(10-2-29)49(34-11-3-30(4-12-34)42-22-18-38(55)26-46(42)51,35-13-5-31(6-14-35)43-23-19-39(56)27-47(43)52)36-15-7-32(8-16-36)44-24-20-40(57)28-48(44)53/h1-28H,54-57H2. The lowest BCUT2D eigenvalue weighted by Crippen LogP contribution is -2.31. The maximum atomic E-state index is 15.2. The minimum atomic E-state index is -1.06. The molecule has 0 spiro atoms. The fraction of sp³-hybridized carbons (Fsp3) is 0.0204. The predicted molar refractivity (Wildman–Crippen MR) is 224 cm³/mol. The number of rotatable bonds is 8. The van der Waals surface area contributed by atoms with E-state index in [1.54, 1.807) is 48.5 Å². The van der Waals surface area contributed by atoms with Gasteiger partial charge in [0.05, 0.1) is 5.41 Å². The van der Waals surface area contributed by atoms with Gasteiger partial charge in [-0.05, 0) is 117 Å². The van der Waals surface area contributed by atoms with Gasteiger partial charge in [-0.1, -0.05) is 97.1 Å². The zero-order valence-electron chi connectivity index (χ0n) is 30.5. The largest absolute Gasteiger partial charge is 0.399 e. The van der Waals surface area contributed by atoms with Gasteiger partial charge in [0.15, 0.2) is 0 Å². The van der Waals surface area contributed by atoms with Crippen molar-refractivity contribution in [1.29, 1.82) is 0 Å². The first-order chi connectivity index (χ1) is 27.5. The van der Waals surface area contributed by atoms with Crippen LogP contribution in [0.15, 0.2) is 170 Å². The molecule has 0 saturated carbocycles.